The van der Waals surface area contributed by atoms with E-state index >= 15 is 0 Å². The number of ether oxygens (including phenoxy) is 4. The third kappa shape index (κ3) is 8.54. The van der Waals surface area contributed by atoms with Gasteiger partial charge >= 0.3 is 5.97 Å². The Morgan fingerprint density at radius 1 is 0.931 bits per heavy atom. The number of aromatic nitrogens is 1. The van der Waals surface area contributed by atoms with E-state index in [1.54, 1.807) is 48.5 Å². The molecule has 0 spiro atoms. The Bertz CT molecular complexity index is 3090. The smallest absolute Gasteiger partial charge is 0.336 e. The molecule has 72 heavy (non-hydrogen) atoms. The second-order valence-electron chi connectivity index (χ2n) is 18.9. The number of carboxylic acids is 1. The van der Waals surface area contributed by atoms with E-state index in [0.717, 1.165) is 6.07 Å². The molecule has 9 atom stereocenters. The van der Waals surface area contributed by atoms with Crippen LogP contribution in [0.4, 0.5) is 5.82 Å². The van der Waals surface area contributed by atoms with Crippen molar-refractivity contribution in [2.45, 2.75) is 85.7 Å². The molecule has 20 heteroatoms. The van der Waals surface area contributed by atoms with E-state index in [2.05, 4.69) is 15.6 Å². The molecule has 4 aliphatic rings. The summed E-state index contributed by atoms with van der Waals surface area (Å²) in [6, 6.07) is 23.5. The first-order chi connectivity index (χ1) is 34.5. The number of hydrogen-bond acceptors (Lipinski definition) is 18. The molecule has 4 aromatic carbocycles. The number of aromatic hydroxyl groups is 3. The summed E-state index contributed by atoms with van der Waals surface area (Å²) < 4.78 is 31.5. The van der Waals surface area contributed by atoms with Crippen molar-refractivity contribution < 1.29 is 74.1 Å². The number of aliphatic hydroxyl groups excluding tert-OH is 3. The van der Waals surface area contributed by atoms with Crippen molar-refractivity contribution >= 4 is 22.8 Å². The van der Waals surface area contributed by atoms with Crippen LogP contribution in [0.1, 0.15) is 48.6 Å². The van der Waals surface area contributed by atoms with E-state index in [4.69, 9.17) is 29.1 Å². The number of carbonyl (C=O) groups is 1. The number of aliphatic hydroxyl groups is 5. The molecule has 14 N–H and O–H groups in total. The molecule has 9 unspecified atom stereocenters. The van der Waals surface area contributed by atoms with E-state index in [1.165, 1.54) is 48.5 Å². The SMILES string of the molecule is Nc1ccc(C(O)C(CO)Oc2ccc(-c3cc(=O)c4c(O)c(OC5(c6cccc(O)c6)CCCC5)c(OC5OC(C(=O)O)C6(O)C(C7CNCN7)C(Cc7cccc(O)c7)=CC5(O)C6O)cc4o3)cc2)[nH]1. The summed E-state index contributed by atoms with van der Waals surface area (Å²) in [7, 11) is 0. The molecule has 2 aliphatic carbocycles. The van der Waals surface area contributed by atoms with Gasteiger partial charge in [-0.15, -0.1) is 0 Å². The predicted molar refractivity (Wildman–Crippen MR) is 256 cm³/mol. The van der Waals surface area contributed by atoms with Crippen LogP contribution in [0.25, 0.3) is 22.3 Å². The van der Waals surface area contributed by atoms with Crippen LogP contribution in [0.15, 0.2) is 118 Å². The molecule has 6 aromatic rings. The first kappa shape index (κ1) is 48.5. The van der Waals surface area contributed by atoms with Crippen molar-refractivity contribution in [2.75, 3.05) is 25.6 Å². The molecule has 0 amide bonds. The number of nitrogen functional groups attached to an aromatic ring is 1. The number of phenolic OH excluding ortho intramolecular Hbond substituents is 3. The number of phenols is 3. The minimum absolute atomic E-state index is 0.00229. The van der Waals surface area contributed by atoms with Gasteiger partial charge in [-0.1, -0.05) is 29.8 Å². The Hall–Kier alpha value is -7.14. The molecule has 4 heterocycles. The second kappa shape index (κ2) is 18.8. The van der Waals surface area contributed by atoms with Crippen molar-refractivity contribution in [3.8, 4) is 45.8 Å². The average Bonchev–Trinajstić information content (AvgIpc) is 4.16. The van der Waals surface area contributed by atoms with Crippen LogP contribution in [0.3, 0.4) is 0 Å². The van der Waals surface area contributed by atoms with Gasteiger partial charge in [0.2, 0.25) is 12.0 Å². The zero-order chi connectivity index (χ0) is 50.7. The Morgan fingerprint density at radius 2 is 1.67 bits per heavy atom. The Labute approximate surface area is 410 Å². The fraction of sp³-hybridized carbons (Fsp3) is 0.346. The predicted octanol–water partition coefficient (Wildman–Crippen LogP) is 3.14. The molecule has 10 rings (SSSR count). The van der Waals surface area contributed by atoms with Gasteiger partial charge in [0.05, 0.1) is 6.61 Å². The van der Waals surface area contributed by atoms with Gasteiger partial charge < -0.3 is 85.4 Å². The van der Waals surface area contributed by atoms with Gasteiger partial charge in [-0.2, -0.15) is 0 Å². The minimum atomic E-state index is -2.72. The van der Waals surface area contributed by atoms with Crippen LogP contribution in [0.5, 0.6) is 34.5 Å². The molecule has 2 saturated heterocycles. The second-order valence-corrected chi connectivity index (χ2v) is 18.9. The highest BCUT2D eigenvalue weighted by Crippen LogP contribution is 2.54. The Kier molecular flexibility index (Phi) is 12.7. The molecule has 3 fully saturated rings. The van der Waals surface area contributed by atoms with Crippen LogP contribution in [-0.4, -0.2) is 119 Å². The maximum atomic E-state index is 14.2. The average molecular weight is 991 g/mol. The summed E-state index contributed by atoms with van der Waals surface area (Å²) in [5.74, 6) is -4.08. The Balaban J connectivity index is 1.08. The zero-order valence-electron chi connectivity index (χ0n) is 38.5. The number of carboxylic acid groups (broad SMARTS) is 1. The number of benzene rings is 4. The lowest BCUT2D eigenvalue weighted by Crippen LogP contribution is -2.79. The molecule has 1 saturated carbocycles. The first-order valence-corrected chi connectivity index (χ1v) is 23.5. The highest BCUT2D eigenvalue weighted by atomic mass is 16.7. The van der Waals surface area contributed by atoms with Gasteiger partial charge in [-0.3, -0.25) is 10.1 Å². The number of hydrogen-bond donors (Lipinski definition) is 13. The molecule has 0 radical (unpaired) electrons. The maximum Gasteiger partial charge on any atom is 0.336 e. The molecule has 2 aromatic heterocycles. The number of H-pyrrole nitrogens is 1. The van der Waals surface area contributed by atoms with Gasteiger partial charge in [0.25, 0.3) is 0 Å². The lowest BCUT2D eigenvalue weighted by Gasteiger charge is -2.58. The number of nitrogens with one attached hydrogen (secondary N) is 3. The number of aromatic amines is 1. The van der Waals surface area contributed by atoms with Crippen LogP contribution >= 0.6 is 0 Å². The number of anilines is 1. The van der Waals surface area contributed by atoms with E-state index in [9.17, 15) is 55.5 Å². The molecular weight excluding hydrogens is 937 g/mol. The summed E-state index contributed by atoms with van der Waals surface area (Å²) in [5, 5.41) is 109. The fourth-order valence-electron chi connectivity index (χ4n) is 10.9. The lowest BCUT2D eigenvalue weighted by molar-refractivity contribution is -0.344. The van der Waals surface area contributed by atoms with E-state index in [0.29, 0.717) is 60.6 Å². The number of fused-ring (bicyclic) bond motifs is 3. The fourth-order valence-corrected chi connectivity index (χ4v) is 10.9. The summed E-state index contributed by atoms with van der Waals surface area (Å²) >= 11 is 0. The quantitative estimate of drug-likeness (QED) is 0.0657. The third-order valence-electron chi connectivity index (χ3n) is 14.3. The summed E-state index contributed by atoms with van der Waals surface area (Å²) in [4.78, 5) is 30.3. The lowest BCUT2D eigenvalue weighted by atomic mass is 9.59. The van der Waals surface area contributed by atoms with Crippen LogP contribution in [0, 0.1) is 5.92 Å². The van der Waals surface area contributed by atoms with Gasteiger partial charge in [0.15, 0.2) is 34.7 Å². The summed E-state index contributed by atoms with van der Waals surface area (Å²) in [5.41, 5.74) is 0.151. The maximum absolute atomic E-state index is 14.2. The normalized spacial score (nSPS) is 26.5. The molecule has 2 aliphatic heterocycles. The zero-order valence-corrected chi connectivity index (χ0v) is 38.5. The van der Waals surface area contributed by atoms with Crippen LogP contribution in [0.2, 0.25) is 0 Å². The van der Waals surface area contributed by atoms with Crippen LogP contribution < -0.4 is 36.0 Å². The van der Waals surface area contributed by atoms with Crippen molar-refractivity contribution in [2.24, 2.45) is 5.92 Å². The summed E-state index contributed by atoms with van der Waals surface area (Å²) in [6.45, 7) is -0.0221. The third-order valence-corrected chi connectivity index (χ3v) is 14.3. The monoisotopic (exact) mass is 990 g/mol. The van der Waals surface area contributed by atoms with Gasteiger partial charge in [0.1, 0.15) is 63.2 Å². The van der Waals surface area contributed by atoms with Crippen molar-refractivity contribution in [1.29, 1.82) is 0 Å². The first-order valence-electron chi connectivity index (χ1n) is 23.5. The summed E-state index contributed by atoms with van der Waals surface area (Å²) in [6.07, 6.45) is -5.73. The van der Waals surface area contributed by atoms with E-state index in [1.807, 2.05) is 0 Å². The number of rotatable bonds is 15. The molecule has 20 nitrogen and oxygen atoms in total. The van der Waals surface area contributed by atoms with E-state index < -0.39 is 94.7 Å². The largest absolute Gasteiger partial charge is 0.508 e. The topological polar surface area (TPSA) is 332 Å². The van der Waals surface area contributed by atoms with Gasteiger partial charge in [0, 0.05) is 48.6 Å². The number of aliphatic carboxylic acids is 1. The van der Waals surface area contributed by atoms with E-state index in [-0.39, 0.29) is 52.5 Å². The highest BCUT2D eigenvalue weighted by Gasteiger charge is 2.71. The highest BCUT2D eigenvalue weighted by molar-refractivity contribution is 5.90. The van der Waals surface area contributed by atoms with Crippen LogP contribution in [-0.2, 0) is 21.6 Å². The van der Waals surface area contributed by atoms with Crippen molar-refractivity contribution in [1.82, 2.24) is 15.6 Å². The van der Waals surface area contributed by atoms with Crippen molar-refractivity contribution in [3.05, 3.63) is 136 Å². The molecule has 2 bridgehead atoms. The molecule has 378 valence electrons. The standard InChI is InChI=1S/C52H54N4O16/c53-40-14-13-33(56-40)43(61)39(24-57)68-32-11-9-27(10-12-32)36-20-35(60)41-37(69-36)21-38(45(44(41)62)72-50(15-1-2-16-50)29-6-4-8-31(59)19-29)70-49-51(66)22-28(17-26-5-3-7-30(58)18-26)42(34-23-54-25-55-34)52(67,48(51)65)46(71-49)47(63)64/h3-14,18-22,34,39,42-43,46,48-49,54-59,61-62,65-67H,1-2,15-17,23-25,53H2,(H,63,64). The minimum Gasteiger partial charge on any atom is -0.508 e. The van der Waals surface area contributed by atoms with Crippen molar-refractivity contribution in [3.63, 3.8) is 0 Å². The number of nitrogens with two attached hydrogens (primary N) is 1. The van der Waals surface area contributed by atoms with Gasteiger partial charge in [-0.25, -0.2) is 4.79 Å². The van der Waals surface area contributed by atoms with Gasteiger partial charge in [-0.05, 0) is 110 Å². The molecular formula is C52H54N4O16. The Morgan fingerprint density at radius 3 is 2.32 bits per heavy atom.